The van der Waals surface area contributed by atoms with E-state index < -0.39 is 48.0 Å². The highest BCUT2D eigenvalue weighted by molar-refractivity contribution is 5.92. The predicted octanol–water partition coefficient (Wildman–Crippen LogP) is 17.0. The van der Waals surface area contributed by atoms with E-state index in [4.69, 9.17) is 38.6 Å². The maximum Gasteiger partial charge on any atom is 0.331 e. The lowest BCUT2D eigenvalue weighted by Gasteiger charge is -2.18. The highest BCUT2D eigenvalue weighted by Gasteiger charge is 2.21. The van der Waals surface area contributed by atoms with Gasteiger partial charge >= 0.3 is 47.8 Å². The Morgan fingerprint density at radius 1 is 0.250 bits per heavy atom. The molecule has 0 aromatic heterocycles. The van der Waals surface area contributed by atoms with Gasteiger partial charge in [-0.05, 0) is 25.7 Å². The van der Waals surface area contributed by atoms with Gasteiger partial charge in [-0.1, -0.05) is 285 Å². The van der Waals surface area contributed by atoms with Gasteiger partial charge in [-0.2, -0.15) is 0 Å². The molecule has 2 unspecified atom stereocenters. The van der Waals surface area contributed by atoms with Gasteiger partial charge in [-0.15, -0.1) is 0 Å². The second-order valence-electron chi connectivity index (χ2n) is 24.4. The molecule has 0 bridgehead atoms. The van der Waals surface area contributed by atoms with Crippen LogP contribution in [0.25, 0.3) is 0 Å². The van der Waals surface area contributed by atoms with Crippen molar-refractivity contribution >= 4 is 47.8 Å². The quantitative estimate of drug-likeness (QED) is 0.0248. The molecular weight excluding hydrogens is 1180 g/mol. The molecule has 0 aliphatic heterocycles. The fraction of sp³-hybridized carbons (Fsp3) is 0.838. The summed E-state index contributed by atoms with van der Waals surface area (Å²) in [6.45, 7) is 6.84. The third-order valence-corrected chi connectivity index (χ3v) is 15.6. The molecule has 0 aliphatic carbocycles. The molecule has 18 nitrogen and oxygen atoms in total. The Morgan fingerprint density at radius 3 is 0.652 bits per heavy atom. The zero-order valence-corrected chi connectivity index (χ0v) is 58.5. The third-order valence-electron chi connectivity index (χ3n) is 15.6. The molecule has 92 heavy (non-hydrogen) atoms. The zero-order valence-electron chi connectivity index (χ0n) is 58.5. The van der Waals surface area contributed by atoms with Crippen LogP contribution in [0.4, 0.5) is 0 Å². The molecule has 0 rings (SSSR count). The number of aliphatic hydroxyl groups is 2. The van der Waals surface area contributed by atoms with Gasteiger partial charge in [0.05, 0.1) is 13.2 Å². The molecule has 2 N–H and O–H groups in total. The first-order valence-electron chi connectivity index (χ1n) is 36.8. The number of unbranched alkanes of at least 4 members (excludes halogenated alkanes) is 40. The number of esters is 8. The number of rotatable bonds is 66. The maximum absolute atomic E-state index is 12.5. The Morgan fingerprint density at radius 2 is 0.435 bits per heavy atom. The Kier molecular flexibility index (Phi) is 69.8. The smallest absolute Gasteiger partial charge is 0.331 e. The lowest BCUT2D eigenvalue weighted by molar-refractivity contribution is -0.165. The second-order valence-corrected chi connectivity index (χ2v) is 24.4. The van der Waals surface area contributed by atoms with E-state index in [0.29, 0.717) is 12.8 Å². The molecule has 0 saturated heterocycles. The van der Waals surface area contributed by atoms with Crippen LogP contribution in [0, 0.1) is 0 Å². The van der Waals surface area contributed by atoms with E-state index in [9.17, 15) is 38.4 Å². The normalized spacial score (nSPS) is 11.8. The molecule has 0 radical (unpaired) electrons. The molecule has 536 valence electrons. The molecular formula is C74H132O18. The predicted molar refractivity (Wildman–Crippen MR) is 362 cm³/mol. The SMILES string of the molecule is CCCCCCCCCCCCCC(=O)OCC(COC(=O)C=CC(=O)OCCO)OC(=O)CCCCCCCCCCCCC.CCCCCCCCCCCCCC(=O)OCC(COC(=O)C=CC(=O)OCCO)OC(=O)CCCCCCCCCCCCC. The average molecular weight is 1310 g/mol. The van der Waals surface area contributed by atoms with Crippen molar-refractivity contribution in [2.24, 2.45) is 0 Å². The summed E-state index contributed by atoms with van der Waals surface area (Å²) >= 11 is 0. The van der Waals surface area contributed by atoms with Crippen molar-refractivity contribution in [1.29, 1.82) is 0 Å². The summed E-state index contributed by atoms with van der Waals surface area (Å²) in [5.41, 5.74) is 0. The number of hydrogen-bond acceptors (Lipinski definition) is 18. The summed E-state index contributed by atoms with van der Waals surface area (Å²) < 4.78 is 41.3. The van der Waals surface area contributed by atoms with Crippen LogP contribution in [0.5, 0.6) is 0 Å². The van der Waals surface area contributed by atoms with Gasteiger partial charge in [0, 0.05) is 50.0 Å². The van der Waals surface area contributed by atoms with Crippen LogP contribution >= 0.6 is 0 Å². The monoisotopic (exact) mass is 1310 g/mol. The first-order chi connectivity index (χ1) is 44.8. The van der Waals surface area contributed by atoms with E-state index in [1.54, 1.807) is 0 Å². The average Bonchev–Trinajstić information content (AvgIpc) is 3.74. The van der Waals surface area contributed by atoms with Gasteiger partial charge in [0.25, 0.3) is 0 Å². The van der Waals surface area contributed by atoms with Crippen LogP contribution in [-0.2, 0) is 76.3 Å². The fourth-order valence-electron chi connectivity index (χ4n) is 10.1. The molecule has 0 aromatic rings. The highest BCUT2D eigenvalue weighted by atomic mass is 16.6. The van der Waals surface area contributed by atoms with E-state index in [0.717, 1.165) is 101 Å². The molecule has 0 spiro atoms. The van der Waals surface area contributed by atoms with Crippen molar-refractivity contribution in [1.82, 2.24) is 0 Å². The highest BCUT2D eigenvalue weighted by Crippen LogP contribution is 2.17. The molecule has 2 atom stereocenters. The number of carbonyl (C=O) groups is 8. The minimum Gasteiger partial charge on any atom is -0.462 e. The summed E-state index contributed by atoms with van der Waals surface area (Å²) in [4.78, 5) is 96.7. The Labute approximate surface area is 557 Å². The van der Waals surface area contributed by atoms with Crippen molar-refractivity contribution < 1.29 is 86.5 Å². The lowest BCUT2D eigenvalue weighted by Crippen LogP contribution is -2.30. The van der Waals surface area contributed by atoms with E-state index in [1.807, 2.05) is 0 Å². The number of carbonyl (C=O) groups excluding carboxylic acids is 8. The molecule has 0 amide bonds. The van der Waals surface area contributed by atoms with Crippen LogP contribution in [0.15, 0.2) is 24.3 Å². The van der Waals surface area contributed by atoms with Crippen LogP contribution in [-0.4, -0.2) is 123 Å². The minimum absolute atomic E-state index is 0.181. The topological polar surface area (TPSA) is 251 Å². The lowest BCUT2D eigenvalue weighted by atomic mass is 10.1. The molecule has 0 aliphatic rings. The first-order valence-corrected chi connectivity index (χ1v) is 36.8. The first kappa shape index (κ1) is 89.2. The van der Waals surface area contributed by atoms with Crippen molar-refractivity contribution in [3.63, 3.8) is 0 Å². The van der Waals surface area contributed by atoms with E-state index in [-0.39, 0.29) is 90.5 Å². The van der Waals surface area contributed by atoms with E-state index in [1.165, 1.54) is 193 Å². The van der Waals surface area contributed by atoms with Crippen molar-refractivity contribution in [2.45, 2.75) is 348 Å². The summed E-state index contributed by atoms with van der Waals surface area (Å²) in [5, 5.41) is 17.4. The van der Waals surface area contributed by atoms with Gasteiger partial charge in [0.15, 0.2) is 12.2 Å². The van der Waals surface area contributed by atoms with Crippen molar-refractivity contribution in [3.05, 3.63) is 24.3 Å². The minimum atomic E-state index is -0.944. The van der Waals surface area contributed by atoms with Gasteiger partial charge in [0.1, 0.15) is 39.6 Å². The van der Waals surface area contributed by atoms with E-state index in [2.05, 4.69) is 37.2 Å². The standard InChI is InChI=1S/2C37H66O9/c2*1-3-5-7-9-11-13-15-17-19-21-23-25-34(39)44-31-33(32-45-36(41)28-27-35(40)43-30-29-38)46-37(42)26-24-22-20-18-16-14-12-10-8-6-4-2/h2*27-28,33,38H,3-26,29-32H2,1-2H3. The summed E-state index contributed by atoms with van der Waals surface area (Å²) in [7, 11) is 0. The number of aliphatic hydroxyl groups excluding tert-OH is 2. The molecule has 0 heterocycles. The Hall–Kier alpha value is -4.84. The zero-order chi connectivity index (χ0) is 67.9. The van der Waals surface area contributed by atoms with Crippen LogP contribution in [0.1, 0.15) is 336 Å². The van der Waals surface area contributed by atoms with Gasteiger partial charge < -0.3 is 48.1 Å². The molecule has 0 fully saturated rings. The number of ether oxygens (including phenoxy) is 8. The van der Waals surface area contributed by atoms with Crippen molar-refractivity contribution in [2.75, 3.05) is 52.9 Å². The van der Waals surface area contributed by atoms with Gasteiger partial charge in [0.2, 0.25) is 0 Å². The summed E-state index contributed by atoms with van der Waals surface area (Å²) in [5.74, 6) is -4.86. The largest absolute Gasteiger partial charge is 0.462 e. The second kappa shape index (κ2) is 72.0. The Bertz CT molecular complexity index is 1690. The van der Waals surface area contributed by atoms with Gasteiger partial charge in [-0.25, -0.2) is 19.2 Å². The maximum atomic E-state index is 12.5. The Balaban J connectivity index is 0. The number of hydrogen-bond donors (Lipinski definition) is 2. The van der Waals surface area contributed by atoms with E-state index >= 15 is 0 Å². The fourth-order valence-corrected chi connectivity index (χ4v) is 10.1. The van der Waals surface area contributed by atoms with Crippen LogP contribution in [0.2, 0.25) is 0 Å². The van der Waals surface area contributed by atoms with Crippen LogP contribution in [0.3, 0.4) is 0 Å². The third kappa shape index (κ3) is 69.5. The van der Waals surface area contributed by atoms with Crippen molar-refractivity contribution in [3.8, 4) is 0 Å². The van der Waals surface area contributed by atoms with Gasteiger partial charge in [-0.3, -0.25) is 19.2 Å². The summed E-state index contributed by atoms with van der Waals surface area (Å²) in [6, 6.07) is 0. The molecule has 0 saturated carbocycles. The van der Waals surface area contributed by atoms with Crippen LogP contribution < -0.4 is 0 Å². The summed E-state index contributed by atoms with van der Waals surface area (Å²) in [6.07, 6.45) is 54.6. The molecule has 0 aromatic carbocycles. The molecule has 18 heteroatoms.